The zero-order valence-corrected chi connectivity index (χ0v) is 19.2. The fraction of sp³-hybridized carbons (Fsp3) is 0.304. The van der Waals surface area contributed by atoms with Gasteiger partial charge in [0.25, 0.3) is 14.9 Å². The Labute approximate surface area is 183 Å². The van der Waals surface area contributed by atoms with Crippen LogP contribution in [0.25, 0.3) is 0 Å². The molecule has 4 rings (SSSR count). The van der Waals surface area contributed by atoms with E-state index in [1.807, 2.05) is 12.1 Å². The van der Waals surface area contributed by atoms with Crippen molar-refractivity contribution in [3.05, 3.63) is 71.7 Å². The van der Waals surface area contributed by atoms with E-state index in [4.69, 9.17) is 10.2 Å². The molecule has 3 aromatic rings. The zero-order valence-electron chi connectivity index (χ0n) is 17.4. The van der Waals surface area contributed by atoms with Crippen molar-refractivity contribution in [1.82, 2.24) is 4.98 Å². The van der Waals surface area contributed by atoms with E-state index in [1.165, 1.54) is 21.7 Å². The third-order valence-electron chi connectivity index (χ3n) is 5.46. The quantitative estimate of drug-likeness (QED) is 0.604. The van der Waals surface area contributed by atoms with Gasteiger partial charge < -0.3 is 15.1 Å². The molecule has 1 aliphatic heterocycles. The minimum Gasteiger partial charge on any atom is -0.387 e. The molecule has 7 heteroatoms. The molecular formula is C23H26N3O2SSi. The van der Waals surface area contributed by atoms with Gasteiger partial charge >= 0.3 is 0 Å². The highest BCUT2D eigenvalue weighted by molar-refractivity contribution is 7.14. The molecule has 0 bridgehead atoms. The van der Waals surface area contributed by atoms with Crippen molar-refractivity contribution < 1.29 is 9.22 Å². The first-order valence-corrected chi connectivity index (χ1v) is 12.3. The van der Waals surface area contributed by atoms with E-state index in [2.05, 4.69) is 79.2 Å². The molecule has 155 valence electrons. The smallest absolute Gasteiger partial charge is 0.285 e. The summed E-state index contributed by atoms with van der Waals surface area (Å²) in [6, 6.07) is 20.9. The van der Waals surface area contributed by atoms with Gasteiger partial charge in [0.05, 0.1) is 0 Å². The molecule has 5 nitrogen and oxygen atoms in total. The molecule has 1 aliphatic rings. The number of carbonyl (C=O) groups excluding carboxylic acids is 1. The molecule has 1 fully saturated rings. The number of aromatic nitrogens is 1. The zero-order chi connectivity index (χ0) is 21.3. The van der Waals surface area contributed by atoms with E-state index in [0.717, 1.165) is 11.7 Å². The Balaban J connectivity index is 1.67. The summed E-state index contributed by atoms with van der Waals surface area (Å²) in [6.07, 6.45) is -0.105. The van der Waals surface area contributed by atoms with E-state index >= 15 is 0 Å². The highest BCUT2D eigenvalue weighted by atomic mass is 32.1. The van der Waals surface area contributed by atoms with Gasteiger partial charge in [0, 0.05) is 17.8 Å². The summed E-state index contributed by atoms with van der Waals surface area (Å²) in [4.78, 5) is 18.1. The molecule has 2 atom stereocenters. The second-order valence-electron chi connectivity index (χ2n) is 8.57. The van der Waals surface area contributed by atoms with E-state index in [0.29, 0.717) is 11.6 Å². The predicted octanol–water partition coefficient (Wildman–Crippen LogP) is 2.87. The van der Waals surface area contributed by atoms with Gasteiger partial charge in [0.15, 0.2) is 5.13 Å². The lowest BCUT2D eigenvalue weighted by Gasteiger charge is -2.53. The van der Waals surface area contributed by atoms with Crippen molar-refractivity contribution in [1.29, 1.82) is 0 Å². The number of amides is 1. The van der Waals surface area contributed by atoms with Gasteiger partial charge in [-0.3, -0.25) is 4.79 Å². The Morgan fingerprint density at radius 3 is 2.13 bits per heavy atom. The number of anilines is 1. The van der Waals surface area contributed by atoms with Crippen molar-refractivity contribution in [3.8, 4) is 0 Å². The average molecular weight is 437 g/mol. The molecular weight excluding hydrogens is 410 g/mol. The Hall–Kier alpha value is -2.48. The van der Waals surface area contributed by atoms with Crippen LogP contribution in [0.15, 0.2) is 66.0 Å². The van der Waals surface area contributed by atoms with Crippen LogP contribution in [0.5, 0.6) is 0 Å². The van der Waals surface area contributed by atoms with E-state index in [9.17, 15) is 4.79 Å². The molecule has 2 heterocycles. The van der Waals surface area contributed by atoms with Gasteiger partial charge in [-0.1, -0.05) is 81.4 Å². The minimum atomic E-state index is -1.46. The number of carbonyl (C=O) groups is 1. The molecule has 2 N–H and O–H groups in total. The standard InChI is InChI=1S/C23H26N3O2SSi/c1-23(2,3)18-14-26(22-25-19(15-29-22)20(24)27)21(18)28-30(16-10-6-4-7-11-16)17-12-8-5-9-13-17/h4-13,15,18,21H,14H2,1-3H3,(H2,24,27). The molecule has 0 spiro atoms. The van der Waals surface area contributed by atoms with E-state index in [-0.39, 0.29) is 11.6 Å². The van der Waals surface area contributed by atoms with Crippen LogP contribution in [0.2, 0.25) is 0 Å². The molecule has 2 unspecified atom stereocenters. The van der Waals surface area contributed by atoms with E-state index in [1.54, 1.807) is 5.38 Å². The van der Waals surface area contributed by atoms with Crippen molar-refractivity contribution in [2.45, 2.75) is 27.0 Å². The number of rotatable bonds is 6. The van der Waals surface area contributed by atoms with Crippen molar-refractivity contribution in [2.24, 2.45) is 17.1 Å². The summed E-state index contributed by atoms with van der Waals surface area (Å²) < 4.78 is 6.91. The maximum absolute atomic E-state index is 11.5. The number of hydrogen-bond acceptors (Lipinski definition) is 5. The van der Waals surface area contributed by atoms with E-state index < -0.39 is 14.9 Å². The van der Waals surface area contributed by atoms with Crippen molar-refractivity contribution in [3.63, 3.8) is 0 Å². The van der Waals surface area contributed by atoms with Gasteiger partial charge in [0.1, 0.15) is 11.9 Å². The Bertz CT molecular complexity index is 965. The second kappa shape index (κ2) is 8.33. The van der Waals surface area contributed by atoms with Crippen LogP contribution in [0, 0.1) is 11.3 Å². The monoisotopic (exact) mass is 436 g/mol. The lowest BCUT2D eigenvalue weighted by molar-refractivity contribution is 0.00495. The third-order valence-corrected chi connectivity index (χ3v) is 8.53. The second-order valence-corrected chi connectivity index (χ2v) is 11.5. The number of nitrogens with zero attached hydrogens (tertiary/aromatic N) is 2. The lowest BCUT2D eigenvalue weighted by Crippen LogP contribution is -2.65. The van der Waals surface area contributed by atoms with Gasteiger partial charge in [0.2, 0.25) is 0 Å². The van der Waals surface area contributed by atoms with Crippen LogP contribution in [-0.2, 0) is 4.43 Å². The highest BCUT2D eigenvalue weighted by Gasteiger charge is 2.48. The summed E-state index contributed by atoms with van der Waals surface area (Å²) in [6.45, 7) is 7.59. The molecule has 0 saturated carbocycles. The van der Waals surface area contributed by atoms with Crippen molar-refractivity contribution >= 4 is 41.8 Å². The average Bonchev–Trinajstić information content (AvgIpc) is 3.18. The van der Waals surface area contributed by atoms with Crippen LogP contribution in [-0.4, -0.2) is 32.7 Å². The molecule has 1 radical (unpaired) electrons. The Morgan fingerprint density at radius 2 is 1.67 bits per heavy atom. The maximum atomic E-state index is 11.5. The fourth-order valence-corrected chi connectivity index (χ4v) is 6.61. The van der Waals surface area contributed by atoms with Gasteiger partial charge in [-0.2, -0.15) is 0 Å². The summed E-state index contributed by atoms with van der Waals surface area (Å²) >= 11 is 1.44. The normalized spacial score (nSPS) is 19.0. The Morgan fingerprint density at radius 1 is 1.10 bits per heavy atom. The largest absolute Gasteiger partial charge is 0.387 e. The first-order valence-electron chi connectivity index (χ1n) is 10.0. The molecule has 1 saturated heterocycles. The van der Waals surface area contributed by atoms with Crippen LogP contribution in [0.3, 0.4) is 0 Å². The first kappa shape index (κ1) is 20.8. The molecule has 0 aliphatic carbocycles. The summed E-state index contributed by atoms with van der Waals surface area (Å²) in [5, 5.41) is 4.94. The van der Waals surface area contributed by atoms with Gasteiger partial charge in [-0.15, -0.1) is 11.3 Å². The number of primary amides is 1. The number of hydrogen-bond donors (Lipinski definition) is 1. The SMILES string of the molecule is CC(C)(C)C1CN(c2nc(C(N)=O)cs2)C1O[Si](c1ccccc1)c1ccccc1. The molecule has 1 amide bonds. The first-order chi connectivity index (χ1) is 14.3. The third kappa shape index (κ3) is 4.19. The topological polar surface area (TPSA) is 68.5 Å². The highest BCUT2D eigenvalue weighted by Crippen LogP contribution is 2.43. The van der Waals surface area contributed by atoms with Gasteiger partial charge in [-0.25, -0.2) is 4.98 Å². The molecule has 30 heavy (non-hydrogen) atoms. The Kier molecular flexibility index (Phi) is 5.77. The minimum absolute atomic E-state index is 0.0886. The summed E-state index contributed by atoms with van der Waals surface area (Å²) in [5.41, 5.74) is 5.81. The number of benzene rings is 2. The number of thiazole rings is 1. The molecule has 2 aromatic carbocycles. The van der Waals surface area contributed by atoms with Gasteiger partial charge in [-0.05, 0) is 15.8 Å². The van der Waals surface area contributed by atoms with Crippen LogP contribution >= 0.6 is 11.3 Å². The lowest BCUT2D eigenvalue weighted by atomic mass is 9.74. The van der Waals surface area contributed by atoms with Crippen LogP contribution in [0.1, 0.15) is 31.3 Å². The predicted molar refractivity (Wildman–Crippen MR) is 124 cm³/mol. The van der Waals surface area contributed by atoms with Crippen molar-refractivity contribution in [2.75, 3.05) is 11.4 Å². The van der Waals surface area contributed by atoms with Crippen LogP contribution in [0.4, 0.5) is 5.13 Å². The molecule has 1 aromatic heterocycles. The number of nitrogens with two attached hydrogens (primary N) is 1. The summed E-state index contributed by atoms with van der Waals surface area (Å²) in [7, 11) is -1.46. The fourth-order valence-electron chi connectivity index (χ4n) is 3.63. The summed E-state index contributed by atoms with van der Waals surface area (Å²) in [5.74, 6) is -0.146. The van der Waals surface area contributed by atoms with Crippen LogP contribution < -0.4 is 21.0 Å². The maximum Gasteiger partial charge on any atom is 0.285 e.